The first kappa shape index (κ1) is 22.0. The molecule has 0 amide bonds. The van der Waals surface area contributed by atoms with Gasteiger partial charge in [-0.05, 0) is 44.2 Å². The van der Waals surface area contributed by atoms with Gasteiger partial charge in [-0.2, -0.15) is 0 Å². The van der Waals surface area contributed by atoms with E-state index in [2.05, 4.69) is 6.92 Å². The van der Waals surface area contributed by atoms with Gasteiger partial charge in [0, 0.05) is 11.1 Å². The molecule has 5 N–H and O–H groups in total. The standard InChI is InChI=1S/C21H34O6/c1-4-6-8-9-13-11-15(22)14(10-7-5-2)18(24)16(13)21-20(26)19(25)17(23)12(3)27-21/h11-12,17,19-26H,4-10H2,1-3H3/t12-,17-,19+,20-,21+/m1/s1. The van der Waals surface area contributed by atoms with Crippen molar-refractivity contribution in [1.29, 1.82) is 0 Å². The Kier molecular flexibility index (Phi) is 7.91. The molecule has 27 heavy (non-hydrogen) atoms. The zero-order chi connectivity index (χ0) is 20.1. The van der Waals surface area contributed by atoms with Crippen LogP contribution in [0.3, 0.4) is 0 Å². The average molecular weight is 382 g/mol. The number of aliphatic hydroxyl groups excluding tert-OH is 3. The number of aliphatic hydroxyl groups is 3. The second kappa shape index (κ2) is 9.73. The molecule has 1 aromatic rings. The fourth-order valence-corrected chi connectivity index (χ4v) is 3.75. The molecule has 0 aromatic heterocycles. The largest absolute Gasteiger partial charge is 0.508 e. The molecule has 6 nitrogen and oxygen atoms in total. The minimum Gasteiger partial charge on any atom is -0.508 e. The van der Waals surface area contributed by atoms with Crippen LogP contribution >= 0.6 is 0 Å². The maximum atomic E-state index is 10.9. The predicted octanol–water partition coefficient (Wildman–Crippen LogP) is 2.72. The number of aromatic hydroxyl groups is 2. The monoisotopic (exact) mass is 382 g/mol. The fraction of sp³-hybridized carbons (Fsp3) is 0.714. The van der Waals surface area contributed by atoms with Crippen LogP contribution in [-0.2, 0) is 17.6 Å². The number of hydrogen-bond acceptors (Lipinski definition) is 6. The van der Waals surface area contributed by atoms with E-state index in [4.69, 9.17) is 4.74 Å². The molecule has 2 rings (SSSR count). The third-order valence-corrected chi connectivity index (χ3v) is 5.47. The van der Waals surface area contributed by atoms with E-state index in [-0.39, 0.29) is 11.5 Å². The first-order valence-corrected chi connectivity index (χ1v) is 10.1. The van der Waals surface area contributed by atoms with Crippen LogP contribution in [0.4, 0.5) is 0 Å². The summed E-state index contributed by atoms with van der Waals surface area (Å²) in [7, 11) is 0. The Morgan fingerprint density at radius 2 is 1.56 bits per heavy atom. The van der Waals surface area contributed by atoms with Crippen LogP contribution in [0.2, 0.25) is 0 Å². The molecule has 0 aliphatic carbocycles. The quantitative estimate of drug-likeness (QED) is 0.442. The van der Waals surface area contributed by atoms with Crippen LogP contribution in [0, 0.1) is 0 Å². The van der Waals surface area contributed by atoms with Gasteiger partial charge in [0.15, 0.2) is 0 Å². The van der Waals surface area contributed by atoms with Crippen molar-refractivity contribution in [2.45, 2.75) is 96.2 Å². The van der Waals surface area contributed by atoms with E-state index in [0.717, 1.165) is 32.1 Å². The summed E-state index contributed by atoms with van der Waals surface area (Å²) in [5, 5.41) is 52.1. The number of benzene rings is 1. The van der Waals surface area contributed by atoms with Crippen LogP contribution in [-0.4, -0.2) is 49.9 Å². The topological polar surface area (TPSA) is 110 Å². The van der Waals surface area contributed by atoms with Gasteiger partial charge < -0.3 is 30.3 Å². The Morgan fingerprint density at radius 3 is 2.19 bits per heavy atom. The zero-order valence-corrected chi connectivity index (χ0v) is 16.6. The summed E-state index contributed by atoms with van der Waals surface area (Å²) < 4.78 is 5.79. The molecule has 0 bridgehead atoms. The van der Waals surface area contributed by atoms with Gasteiger partial charge in [0.25, 0.3) is 0 Å². The summed E-state index contributed by atoms with van der Waals surface area (Å²) in [5.41, 5.74) is 1.56. The molecule has 1 heterocycles. The lowest BCUT2D eigenvalue weighted by molar-refractivity contribution is -0.220. The third kappa shape index (κ3) is 4.74. The Morgan fingerprint density at radius 1 is 0.889 bits per heavy atom. The normalized spacial score (nSPS) is 28.4. The lowest BCUT2D eigenvalue weighted by Gasteiger charge is -2.40. The summed E-state index contributed by atoms with van der Waals surface area (Å²) in [6, 6.07) is 1.65. The van der Waals surface area contributed by atoms with Crippen molar-refractivity contribution in [2.75, 3.05) is 0 Å². The maximum Gasteiger partial charge on any atom is 0.128 e. The van der Waals surface area contributed by atoms with Crippen LogP contribution < -0.4 is 0 Å². The van der Waals surface area contributed by atoms with E-state index < -0.39 is 30.5 Å². The SMILES string of the molecule is CCCCCc1cc(O)c(CCCC)c(O)c1[C@@H]1O[C@H](C)[C@@H](O)[C@H](O)[C@H]1O. The number of phenols is 2. The Bertz CT molecular complexity index is 617. The molecule has 0 saturated carbocycles. The molecule has 154 valence electrons. The van der Waals surface area contributed by atoms with E-state index in [0.29, 0.717) is 29.5 Å². The molecule has 0 spiro atoms. The highest BCUT2D eigenvalue weighted by Gasteiger charge is 2.44. The molecule has 0 unspecified atom stereocenters. The lowest BCUT2D eigenvalue weighted by Crippen LogP contribution is -2.53. The van der Waals surface area contributed by atoms with Crippen molar-refractivity contribution in [3.05, 3.63) is 22.8 Å². The second-order valence-electron chi connectivity index (χ2n) is 7.59. The molecule has 1 aliphatic heterocycles. The Balaban J connectivity index is 2.49. The molecular formula is C21H34O6. The van der Waals surface area contributed by atoms with Crippen LogP contribution in [0.15, 0.2) is 6.07 Å². The molecule has 0 radical (unpaired) electrons. The van der Waals surface area contributed by atoms with E-state index in [1.54, 1.807) is 13.0 Å². The van der Waals surface area contributed by atoms with E-state index in [9.17, 15) is 25.5 Å². The highest BCUT2D eigenvalue weighted by atomic mass is 16.5. The molecule has 1 saturated heterocycles. The van der Waals surface area contributed by atoms with E-state index >= 15 is 0 Å². The number of unbranched alkanes of at least 4 members (excludes halogenated alkanes) is 3. The summed E-state index contributed by atoms with van der Waals surface area (Å²) in [6.07, 6.45) is 0.192. The lowest BCUT2D eigenvalue weighted by atomic mass is 9.85. The molecule has 1 fully saturated rings. The summed E-state index contributed by atoms with van der Waals surface area (Å²) in [4.78, 5) is 0. The number of phenolic OH excluding ortho intramolecular Hbond substituents is 2. The first-order valence-electron chi connectivity index (χ1n) is 10.1. The average Bonchev–Trinajstić information content (AvgIpc) is 2.63. The maximum absolute atomic E-state index is 10.9. The van der Waals surface area contributed by atoms with Gasteiger partial charge >= 0.3 is 0 Å². The molecule has 1 aromatic carbocycles. The number of rotatable bonds is 8. The van der Waals surface area contributed by atoms with E-state index in [1.165, 1.54) is 0 Å². The van der Waals surface area contributed by atoms with Crippen molar-refractivity contribution in [3.63, 3.8) is 0 Å². The van der Waals surface area contributed by atoms with Crippen LogP contribution in [0.25, 0.3) is 0 Å². The number of hydrogen-bond donors (Lipinski definition) is 5. The van der Waals surface area contributed by atoms with E-state index in [1.807, 2.05) is 6.92 Å². The number of aryl methyl sites for hydroxylation is 1. The summed E-state index contributed by atoms with van der Waals surface area (Å²) in [6.45, 7) is 5.75. The third-order valence-electron chi connectivity index (χ3n) is 5.47. The first-order chi connectivity index (χ1) is 12.8. The van der Waals surface area contributed by atoms with Gasteiger partial charge in [0.1, 0.15) is 35.9 Å². The molecule has 5 atom stereocenters. The smallest absolute Gasteiger partial charge is 0.128 e. The minimum absolute atomic E-state index is 0.0510. The van der Waals surface area contributed by atoms with Gasteiger partial charge in [-0.3, -0.25) is 0 Å². The van der Waals surface area contributed by atoms with Crippen LogP contribution in [0.5, 0.6) is 11.5 Å². The van der Waals surface area contributed by atoms with Gasteiger partial charge in [-0.25, -0.2) is 0 Å². The zero-order valence-electron chi connectivity index (χ0n) is 16.6. The molecule has 1 aliphatic rings. The highest BCUT2D eigenvalue weighted by molar-refractivity contribution is 5.54. The van der Waals surface area contributed by atoms with Crippen LogP contribution in [0.1, 0.15) is 75.7 Å². The summed E-state index contributed by atoms with van der Waals surface area (Å²) in [5.74, 6) is -0.0232. The van der Waals surface area contributed by atoms with Gasteiger partial charge in [0.2, 0.25) is 0 Å². The summed E-state index contributed by atoms with van der Waals surface area (Å²) >= 11 is 0. The fourth-order valence-electron chi connectivity index (χ4n) is 3.75. The second-order valence-corrected chi connectivity index (χ2v) is 7.59. The van der Waals surface area contributed by atoms with Crippen molar-refractivity contribution < 1.29 is 30.3 Å². The minimum atomic E-state index is -1.37. The Hall–Kier alpha value is -1.34. The van der Waals surface area contributed by atoms with Gasteiger partial charge in [0.05, 0.1) is 6.10 Å². The van der Waals surface area contributed by atoms with Crippen molar-refractivity contribution in [3.8, 4) is 11.5 Å². The predicted molar refractivity (Wildman–Crippen MR) is 103 cm³/mol. The molecular weight excluding hydrogens is 348 g/mol. The number of ether oxygens (including phenoxy) is 1. The van der Waals surface area contributed by atoms with Crippen molar-refractivity contribution in [2.24, 2.45) is 0 Å². The van der Waals surface area contributed by atoms with Gasteiger partial charge in [-0.1, -0.05) is 33.1 Å². The Labute approximate surface area is 161 Å². The van der Waals surface area contributed by atoms with Gasteiger partial charge in [-0.15, -0.1) is 0 Å². The molecule has 6 heteroatoms. The van der Waals surface area contributed by atoms with Crippen molar-refractivity contribution >= 4 is 0 Å². The highest BCUT2D eigenvalue weighted by Crippen LogP contribution is 2.44. The van der Waals surface area contributed by atoms with Crippen molar-refractivity contribution in [1.82, 2.24) is 0 Å².